The third-order valence-corrected chi connectivity index (χ3v) is 4.99. The van der Waals surface area contributed by atoms with E-state index in [0.29, 0.717) is 23.5 Å². The Hall–Kier alpha value is -3.60. The standard InChI is InChI=1S/C26H28N2O3/c1-3-20-13-15-22(16-14-20)31-19(2)25(29)28-24-12-8-7-11-23(24)26(30)27-18-17-21-9-5-4-6-10-21/h4-16,19H,3,17-18H2,1-2H3,(H,27,30)(H,28,29). The predicted octanol–water partition coefficient (Wildman–Crippen LogP) is 4.63. The second-order valence-corrected chi connectivity index (χ2v) is 7.28. The zero-order chi connectivity index (χ0) is 22.1. The molecule has 0 bridgehead atoms. The van der Waals surface area contributed by atoms with Gasteiger partial charge >= 0.3 is 0 Å². The molecule has 0 saturated heterocycles. The quantitative estimate of drug-likeness (QED) is 0.535. The van der Waals surface area contributed by atoms with E-state index in [0.717, 1.165) is 18.4 Å². The van der Waals surface area contributed by atoms with Gasteiger partial charge in [0.1, 0.15) is 5.75 Å². The molecule has 1 atom stereocenters. The van der Waals surface area contributed by atoms with Crippen molar-refractivity contribution in [3.63, 3.8) is 0 Å². The van der Waals surface area contributed by atoms with Crippen LogP contribution in [0.25, 0.3) is 0 Å². The van der Waals surface area contributed by atoms with Crippen LogP contribution in [0.1, 0.15) is 35.3 Å². The molecule has 1 unspecified atom stereocenters. The van der Waals surface area contributed by atoms with Crippen LogP contribution in [0.2, 0.25) is 0 Å². The number of carbonyl (C=O) groups excluding carboxylic acids is 2. The molecule has 0 aliphatic heterocycles. The van der Waals surface area contributed by atoms with Crippen LogP contribution in [-0.4, -0.2) is 24.5 Å². The number of hydrogen-bond donors (Lipinski definition) is 2. The summed E-state index contributed by atoms with van der Waals surface area (Å²) in [6.07, 6.45) is 0.977. The first-order valence-corrected chi connectivity index (χ1v) is 10.5. The summed E-state index contributed by atoms with van der Waals surface area (Å²) in [5, 5.41) is 5.74. The third-order valence-electron chi connectivity index (χ3n) is 4.99. The van der Waals surface area contributed by atoms with Crippen molar-refractivity contribution < 1.29 is 14.3 Å². The highest BCUT2D eigenvalue weighted by Gasteiger charge is 2.18. The van der Waals surface area contributed by atoms with Gasteiger partial charge in [-0.15, -0.1) is 0 Å². The van der Waals surface area contributed by atoms with Crippen LogP contribution in [0.5, 0.6) is 5.75 Å². The van der Waals surface area contributed by atoms with Gasteiger partial charge in [-0.2, -0.15) is 0 Å². The number of para-hydroxylation sites is 1. The number of benzene rings is 3. The highest BCUT2D eigenvalue weighted by atomic mass is 16.5. The van der Waals surface area contributed by atoms with Crippen molar-refractivity contribution in [3.8, 4) is 5.75 Å². The molecular weight excluding hydrogens is 388 g/mol. The molecule has 3 rings (SSSR count). The maximum atomic E-state index is 12.7. The lowest BCUT2D eigenvalue weighted by atomic mass is 10.1. The number of nitrogens with one attached hydrogen (secondary N) is 2. The summed E-state index contributed by atoms with van der Waals surface area (Å²) in [5.74, 6) is 0.0893. The minimum atomic E-state index is -0.707. The Morgan fingerprint density at radius 2 is 1.55 bits per heavy atom. The van der Waals surface area contributed by atoms with Gasteiger partial charge in [-0.3, -0.25) is 9.59 Å². The smallest absolute Gasteiger partial charge is 0.265 e. The summed E-state index contributed by atoms with van der Waals surface area (Å²) in [6.45, 7) is 4.28. The van der Waals surface area contributed by atoms with E-state index in [1.54, 1.807) is 31.2 Å². The van der Waals surface area contributed by atoms with Gasteiger partial charge in [0.15, 0.2) is 6.10 Å². The highest BCUT2D eigenvalue weighted by molar-refractivity contribution is 6.04. The van der Waals surface area contributed by atoms with Gasteiger partial charge < -0.3 is 15.4 Å². The molecule has 0 heterocycles. The molecule has 5 heteroatoms. The van der Waals surface area contributed by atoms with Crippen LogP contribution in [0, 0.1) is 0 Å². The Bertz CT molecular complexity index is 1000. The van der Waals surface area contributed by atoms with Gasteiger partial charge in [0, 0.05) is 6.54 Å². The average Bonchev–Trinajstić information content (AvgIpc) is 2.80. The molecule has 31 heavy (non-hydrogen) atoms. The topological polar surface area (TPSA) is 67.4 Å². The van der Waals surface area contributed by atoms with E-state index in [2.05, 4.69) is 17.6 Å². The van der Waals surface area contributed by atoms with Gasteiger partial charge in [0.25, 0.3) is 11.8 Å². The SMILES string of the molecule is CCc1ccc(OC(C)C(=O)Nc2ccccc2C(=O)NCCc2ccccc2)cc1. The van der Waals surface area contributed by atoms with Crippen molar-refractivity contribution in [3.05, 3.63) is 95.6 Å². The van der Waals surface area contributed by atoms with E-state index < -0.39 is 6.10 Å². The largest absolute Gasteiger partial charge is 0.481 e. The summed E-state index contributed by atoms with van der Waals surface area (Å²) < 4.78 is 5.75. The van der Waals surface area contributed by atoms with Crippen molar-refractivity contribution in [2.45, 2.75) is 32.8 Å². The molecule has 3 aromatic rings. The molecule has 0 aromatic heterocycles. The van der Waals surface area contributed by atoms with Crippen LogP contribution in [0.4, 0.5) is 5.69 Å². The van der Waals surface area contributed by atoms with E-state index in [1.807, 2.05) is 54.6 Å². The second kappa shape index (κ2) is 11.0. The predicted molar refractivity (Wildman–Crippen MR) is 123 cm³/mol. The number of amides is 2. The molecular formula is C26H28N2O3. The molecule has 0 aliphatic rings. The van der Waals surface area contributed by atoms with Crippen molar-refractivity contribution in [2.24, 2.45) is 0 Å². The lowest BCUT2D eigenvalue weighted by molar-refractivity contribution is -0.122. The van der Waals surface area contributed by atoms with Crippen molar-refractivity contribution in [1.29, 1.82) is 0 Å². The summed E-state index contributed by atoms with van der Waals surface area (Å²) >= 11 is 0. The number of ether oxygens (including phenoxy) is 1. The highest BCUT2D eigenvalue weighted by Crippen LogP contribution is 2.18. The van der Waals surface area contributed by atoms with Crippen LogP contribution < -0.4 is 15.4 Å². The molecule has 160 valence electrons. The van der Waals surface area contributed by atoms with Crippen LogP contribution in [-0.2, 0) is 17.6 Å². The Kier molecular flexibility index (Phi) is 7.82. The molecule has 2 N–H and O–H groups in total. The molecule has 2 amide bonds. The zero-order valence-corrected chi connectivity index (χ0v) is 17.9. The number of rotatable bonds is 9. The van der Waals surface area contributed by atoms with E-state index >= 15 is 0 Å². The summed E-state index contributed by atoms with van der Waals surface area (Å²) in [4.78, 5) is 25.3. The number of carbonyl (C=O) groups is 2. The minimum absolute atomic E-state index is 0.226. The number of hydrogen-bond acceptors (Lipinski definition) is 3. The Morgan fingerprint density at radius 1 is 0.871 bits per heavy atom. The Labute approximate surface area is 183 Å². The lowest BCUT2D eigenvalue weighted by Crippen LogP contribution is -2.32. The Balaban J connectivity index is 1.58. The maximum Gasteiger partial charge on any atom is 0.265 e. The van der Waals surface area contributed by atoms with Gasteiger partial charge in [-0.1, -0.05) is 61.5 Å². The van der Waals surface area contributed by atoms with Gasteiger partial charge in [-0.05, 0) is 55.2 Å². The van der Waals surface area contributed by atoms with E-state index in [4.69, 9.17) is 4.74 Å². The first-order valence-electron chi connectivity index (χ1n) is 10.5. The molecule has 0 saturated carbocycles. The van der Waals surface area contributed by atoms with Gasteiger partial charge in [0.2, 0.25) is 0 Å². The molecule has 0 fully saturated rings. The van der Waals surface area contributed by atoms with Crippen molar-refractivity contribution in [2.75, 3.05) is 11.9 Å². The van der Waals surface area contributed by atoms with E-state index in [-0.39, 0.29) is 11.8 Å². The normalized spacial score (nSPS) is 11.4. The van der Waals surface area contributed by atoms with E-state index in [9.17, 15) is 9.59 Å². The fourth-order valence-electron chi connectivity index (χ4n) is 3.15. The maximum absolute atomic E-state index is 12.7. The van der Waals surface area contributed by atoms with Crippen LogP contribution >= 0.6 is 0 Å². The van der Waals surface area contributed by atoms with Crippen LogP contribution in [0.15, 0.2) is 78.9 Å². The zero-order valence-electron chi connectivity index (χ0n) is 17.9. The monoisotopic (exact) mass is 416 g/mol. The van der Waals surface area contributed by atoms with Gasteiger partial charge in [0.05, 0.1) is 11.3 Å². The minimum Gasteiger partial charge on any atom is -0.481 e. The molecule has 5 nitrogen and oxygen atoms in total. The summed E-state index contributed by atoms with van der Waals surface area (Å²) in [5.41, 5.74) is 3.24. The molecule has 0 radical (unpaired) electrons. The van der Waals surface area contributed by atoms with Crippen LogP contribution in [0.3, 0.4) is 0 Å². The van der Waals surface area contributed by atoms with E-state index in [1.165, 1.54) is 5.56 Å². The Morgan fingerprint density at radius 3 is 2.26 bits per heavy atom. The average molecular weight is 417 g/mol. The molecule has 0 spiro atoms. The third kappa shape index (κ3) is 6.44. The van der Waals surface area contributed by atoms with Crippen molar-refractivity contribution in [1.82, 2.24) is 5.32 Å². The molecule has 3 aromatic carbocycles. The van der Waals surface area contributed by atoms with Crippen molar-refractivity contribution >= 4 is 17.5 Å². The number of aryl methyl sites for hydroxylation is 1. The number of anilines is 1. The fraction of sp³-hybridized carbons (Fsp3) is 0.231. The summed E-state index contributed by atoms with van der Waals surface area (Å²) in [6, 6.07) is 24.6. The first-order chi connectivity index (χ1) is 15.1. The molecule has 0 aliphatic carbocycles. The fourth-order valence-corrected chi connectivity index (χ4v) is 3.15. The second-order valence-electron chi connectivity index (χ2n) is 7.28. The van der Waals surface area contributed by atoms with Gasteiger partial charge in [-0.25, -0.2) is 0 Å². The summed E-state index contributed by atoms with van der Waals surface area (Å²) in [7, 11) is 0. The first kappa shape index (κ1) is 22.1. The lowest BCUT2D eigenvalue weighted by Gasteiger charge is -2.16.